The molecule has 1 atom stereocenters. The van der Waals surface area contributed by atoms with Gasteiger partial charge in [-0.1, -0.05) is 29.3 Å². The van der Waals surface area contributed by atoms with Gasteiger partial charge in [-0.2, -0.15) is 0 Å². The van der Waals surface area contributed by atoms with E-state index in [1.54, 1.807) is 25.1 Å². The van der Waals surface area contributed by atoms with Crippen molar-refractivity contribution < 1.29 is 9.59 Å². The summed E-state index contributed by atoms with van der Waals surface area (Å²) in [6, 6.07) is 5.05. The molecule has 5 heteroatoms. The van der Waals surface area contributed by atoms with Gasteiger partial charge in [-0.15, -0.1) is 0 Å². The summed E-state index contributed by atoms with van der Waals surface area (Å²) in [5.74, 6) is -1.10. The van der Waals surface area contributed by atoms with Crippen LogP contribution in [-0.2, 0) is 16.1 Å². The Morgan fingerprint density at radius 3 is 2.53 bits per heavy atom. The molecule has 1 N–H and O–H groups in total. The Labute approximate surface area is 110 Å². The molecule has 0 saturated heterocycles. The van der Waals surface area contributed by atoms with Gasteiger partial charge in [-0.25, -0.2) is 0 Å². The SMILES string of the molecule is CC(=O)C(C)C(=O)NCc1ccc(Cl)cc1Cl. The predicted octanol–water partition coefficient (Wildman–Crippen LogP) is 2.83. The second-order valence-corrected chi connectivity index (χ2v) is 4.63. The number of carbonyl (C=O) groups is 2. The van der Waals surface area contributed by atoms with Gasteiger partial charge in [0, 0.05) is 16.6 Å². The molecule has 1 unspecified atom stereocenters. The van der Waals surface area contributed by atoms with Gasteiger partial charge in [-0.05, 0) is 31.5 Å². The van der Waals surface area contributed by atoms with Crippen molar-refractivity contribution in [2.24, 2.45) is 5.92 Å². The molecule has 0 saturated carbocycles. The van der Waals surface area contributed by atoms with Gasteiger partial charge in [0.2, 0.25) is 5.91 Å². The van der Waals surface area contributed by atoms with Gasteiger partial charge in [-0.3, -0.25) is 9.59 Å². The number of nitrogens with one attached hydrogen (secondary N) is 1. The van der Waals surface area contributed by atoms with Gasteiger partial charge in [0.15, 0.2) is 0 Å². The van der Waals surface area contributed by atoms with Crippen LogP contribution in [0.5, 0.6) is 0 Å². The van der Waals surface area contributed by atoms with E-state index in [9.17, 15) is 9.59 Å². The minimum Gasteiger partial charge on any atom is -0.351 e. The molecule has 1 amide bonds. The summed E-state index contributed by atoms with van der Waals surface area (Å²) in [5, 5.41) is 3.69. The fourth-order valence-corrected chi connectivity index (χ4v) is 1.66. The standard InChI is InChI=1S/C12H13Cl2NO2/c1-7(8(2)16)12(17)15-6-9-3-4-10(13)5-11(9)14/h3-5,7H,6H2,1-2H3,(H,15,17). The van der Waals surface area contributed by atoms with Crippen molar-refractivity contribution >= 4 is 34.9 Å². The van der Waals surface area contributed by atoms with E-state index in [1.165, 1.54) is 6.92 Å². The highest BCUT2D eigenvalue weighted by atomic mass is 35.5. The predicted molar refractivity (Wildman–Crippen MR) is 68.2 cm³/mol. The highest BCUT2D eigenvalue weighted by Gasteiger charge is 2.17. The second kappa shape index (κ2) is 6.03. The van der Waals surface area contributed by atoms with Gasteiger partial charge in [0.1, 0.15) is 5.78 Å². The fourth-order valence-electron chi connectivity index (χ4n) is 1.19. The van der Waals surface area contributed by atoms with E-state index in [4.69, 9.17) is 23.2 Å². The topological polar surface area (TPSA) is 46.2 Å². The number of rotatable bonds is 4. The monoisotopic (exact) mass is 273 g/mol. The van der Waals surface area contributed by atoms with E-state index < -0.39 is 5.92 Å². The summed E-state index contributed by atoms with van der Waals surface area (Å²) in [4.78, 5) is 22.5. The van der Waals surface area contributed by atoms with Crippen molar-refractivity contribution in [1.82, 2.24) is 5.32 Å². The smallest absolute Gasteiger partial charge is 0.230 e. The minimum absolute atomic E-state index is 0.162. The number of benzene rings is 1. The number of halogens is 2. The normalized spacial score (nSPS) is 12.0. The van der Waals surface area contributed by atoms with E-state index in [0.29, 0.717) is 10.0 Å². The van der Waals surface area contributed by atoms with Crippen LogP contribution < -0.4 is 5.32 Å². The molecule has 92 valence electrons. The molecule has 1 rings (SSSR count). The molecule has 1 aromatic rings. The zero-order valence-electron chi connectivity index (χ0n) is 9.59. The average Bonchev–Trinajstić information content (AvgIpc) is 2.26. The van der Waals surface area contributed by atoms with Crippen molar-refractivity contribution in [3.05, 3.63) is 33.8 Å². The van der Waals surface area contributed by atoms with E-state index >= 15 is 0 Å². The van der Waals surface area contributed by atoms with E-state index in [2.05, 4.69) is 5.32 Å². The number of amides is 1. The molecule has 0 heterocycles. The van der Waals surface area contributed by atoms with Crippen LogP contribution in [0.4, 0.5) is 0 Å². The molecule has 0 aliphatic rings. The molecule has 0 aliphatic carbocycles. The van der Waals surface area contributed by atoms with Crippen molar-refractivity contribution in [3.63, 3.8) is 0 Å². The maximum atomic E-state index is 11.5. The van der Waals surface area contributed by atoms with Crippen LogP contribution in [-0.4, -0.2) is 11.7 Å². The first kappa shape index (κ1) is 14.0. The molecule has 0 aliphatic heterocycles. The van der Waals surface area contributed by atoms with Crippen LogP contribution in [0.2, 0.25) is 10.0 Å². The Morgan fingerprint density at radius 2 is 2.00 bits per heavy atom. The Hall–Kier alpha value is -1.06. The Kier molecular flexibility index (Phi) is 4.97. The van der Waals surface area contributed by atoms with E-state index in [-0.39, 0.29) is 18.2 Å². The summed E-state index contributed by atoms with van der Waals surface area (Å²) in [7, 11) is 0. The summed E-state index contributed by atoms with van der Waals surface area (Å²) in [6.45, 7) is 3.24. The number of hydrogen-bond acceptors (Lipinski definition) is 2. The summed E-state index contributed by atoms with van der Waals surface area (Å²) < 4.78 is 0. The number of Topliss-reactive ketones (excluding diaryl/α,β-unsaturated/α-hetero) is 1. The summed E-state index contributed by atoms with van der Waals surface area (Å²) in [5.41, 5.74) is 0.764. The first-order valence-corrected chi connectivity index (χ1v) is 5.89. The minimum atomic E-state index is -0.638. The van der Waals surface area contributed by atoms with Crippen molar-refractivity contribution in [1.29, 1.82) is 0 Å². The molecular formula is C12H13Cl2NO2. The fraction of sp³-hybridized carbons (Fsp3) is 0.333. The maximum Gasteiger partial charge on any atom is 0.230 e. The van der Waals surface area contributed by atoms with Crippen LogP contribution in [0.3, 0.4) is 0 Å². The van der Waals surface area contributed by atoms with Crippen molar-refractivity contribution in [2.75, 3.05) is 0 Å². The molecule has 0 bridgehead atoms. The zero-order chi connectivity index (χ0) is 13.0. The number of hydrogen-bond donors (Lipinski definition) is 1. The Balaban J connectivity index is 2.62. The van der Waals surface area contributed by atoms with Crippen LogP contribution >= 0.6 is 23.2 Å². The van der Waals surface area contributed by atoms with Crippen LogP contribution in [0.25, 0.3) is 0 Å². The largest absolute Gasteiger partial charge is 0.351 e. The molecule has 0 radical (unpaired) electrons. The third kappa shape index (κ3) is 4.02. The van der Waals surface area contributed by atoms with Crippen molar-refractivity contribution in [2.45, 2.75) is 20.4 Å². The van der Waals surface area contributed by atoms with Crippen LogP contribution in [0.15, 0.2) is 18.2 Å². The highest BCUT2D eigenvalue weighted by molar-refractivity contribution is 6.35. The third-order valence-corrected chi connectivity index (χ3v) is 3.06. The number of ketones is 1. The highest BCUT2D eigenvalue weighted by Crippen LogP contribution is 2.20. The van der Waals surface area contributed by atoms with Gasteiger partial charge < -0.3 is 5.32 Å². The lowest BCUT2D eigenvalue weighted by Crippen LogP contribution is -2.32. The molecule has 0 fully saturated rings. The third-order valence-electron chi connectivity index (χ3n) is 2.47. The molecule has 1 aromatic carbocycles. The first-order chi connectivity index (χ1) is 7.91. The van der Waals surface area contributed by atoms with E-state index in [1.807, 2.05) is 0 Å². The lowest BCUT2D eigenvalue weighted by atomic mass is 10.1. The molecule has 17 heavy (non-hydrogen) atoms. The van der Waals surface area contributed by atoms with Crippen LogP contribution in [0, 0.1) is 5.92 Å². The Bertz CT molecular complexity index is 446. The van der Waals surface area contributed by atoms with Gasteiger partial charge >= 0.3 is 0 Å². The van der Waals surface area contributed by atoms with Crippen LogP contribution in [0.1, 0.15) is 19.4 Å². The van der Waals surface area contributed by atoms with E-state index in [0.717, 1.165) is 5.56 Å². The maximum absolute atomic E-state index is 11.5. The molecule has 3 nitrogen and oxygen atoms in total. The lowest BCUT2D eigenvalue weighted by molar-refractivity contribution is -0.132. The summed E-state index contributed by atoms with van der Waals surface area (Å²) in [6.07, 6.45) is 0. The van der Waals surface area contributed by atoms with Crippen molar-refractivity contribution in [3.8, 4) is 0 Å². The number of carbonyl (C=O) groups excluding carboxylic acids is 2. The molecule has 0 spiro atoms. The average molecular weight is 274 g/mol. The first-order valence-electron chi connectivity index (χ1n) is 5.14. The second-order valence-electron chi connectivity index (χ2n) is 3.79. The van der Waals surface area contributed by atoms with Gasteiger partial charge in [0.25, 0.3) is 0 Å². The zero-order valence-corrected chi connectivity index (χ0v) is 11.1. The summed E-state index contributed by atoms with van der Waals surface area (Å²) >= 11 is 11.7. The lowest BCUT2D eigenvalue weighted by Gasteiger charge is -2.10. The molecular weight excluding hydrogens is 261 g/mol. The van der Waals surface area contributed by atoms with Gasteiger partial charge in [0.05, 0.1) is 5.92 Å². The quantitative estimate of drug-likeness (QED) is 0.858. The molecule has 0 aromatic heterocycles. The Morgan fingerprint density at radius 1 is 1.35 bits per heavy atom.